The molecule has 2 rings (SSSR count). The second kappa shape index (κ2) is 4.29. The summed E-state index contributed by atoms with van der Waals surface area (Å²) in [6.07, 6.45) is 0. The molecule has 0 radical (unpaired) electrons. The van der Waals surface area contributed by atoms with Gasteiger partial charge in [0.25, 0.3) is 0 Å². The maximum atomic E-state index is 13.7. The molecule has 0 amide bonds. The van der Waals surface area contributed by atoms with Crippen LogP contribution in [0.3, 0.4) is 0 Å². The molecule has 0 aliphatic carbocycles. The number of benzene rings is 2. The Bertz CT molecular complexity index is 523. The summed E-state index contributed by atoms with van der Waals surface area (Å²) >= 11 is 2.08. The van der Waals surface area contributed by atoms with Crippen molar-refractivity contribution in [2.24, 2.45) is 0 Å². The van der Waals surface area contributed by atoms with Gasteiger partial charge in [0.2, 0.25) is 0 Å². The molecular weight excluding hydrogens is 318 g/mol. The monoisotopic (exact) mass is 328 g/mol. The van der Waals surface area contributed by atoms with E-state index in [4.69, 9.17) is 11.5 Å². The smallest absolute Gasteiger partial charge is 0.133 e. The standard InChI is InChI=1S/C12H10FIN2/c13-10-6-12(16)11(14)5-9(10)7-1-3-8(15)4-2-7/h1-6H,15-16H2. The van der Waals surface area contributed by atoms with Gasteiger partial charge >= 0.3 is 0 Å². The van der Waals surface area contributed by atoms with Gasteiger partial charge in [-0.1, -0.05) is 12.1 Å². The summed E-state index contributed by atoms with van der Waals surface area (Å²) in [5.74, 6) is -0.317. The third kappa shape index (κ3) is 2.11. The number of rotatable bonds is 1. The quantitative estimate of drug-likeness (QED) is 0.624. The minimum atomic E-state index is -0.317. The summed E-state index contributed by atoms with van der Waals surface area (Å²) in [5, 5.41) is 0. The zero-order valence-corrected chi connectivity index (χ0v) is 10.5. The lowest BCUT2D eigenvalue weighted by atomic mass is 10.0. The Kier molecular flexibility index (Phi) is 3.00. The van der Waals surface area contributed by atoms with E-state index in [1.165, 1.54) is 6.07 Å². The highest BCUT2D eigenvalue weighted by molar-refractivity contribution is 14.1. The first-order valence-corrected chi connectivity index (χ1v) is 5.76. The fourth-order valence-electron chi connectivity index (χ4n) is 1.45. The first kappa shape index (κ1) is 11.2. The van der Waals surface area contributed by atoms with E-state index in [0.29, 0.717) is 16.9 Å². The van der Waals surface area contributed by atoms with Crippen molar-refractivity contribution in [2.45, 2.75) is 0 Å². The largest absolute Gasteiger partial charge is 0.399 e. The fourth-order valence-corrected chi connectivity index (χ4v) is 1.91. The first-order valence-electron chi connectivity index (χ1n) is 4.68. The number of anilines is 2. The number of hydrogen-bond acceptors (Lipinski definition) is 2. The molecular formula is C12H10FIN2. The van der Waals surface area contributed by atoms with E-state index >= 15 is 0 Å². The van der Waals surface area contributed by atoms with Crippen molar-refractivity contribution in [3.63, 3.8) is 0 Å². The summed E-state index contributed by atoms with van der Waals surface area (Å²) in [5.41, 5.74) is 13.7. The Hall–Kier alpha value is -1.30. The molecule has 2 aromatic carbocycles. The highest BCUT2D eigenvalue weighted by Crippen LogP contribution is 2.28. The molecule has 0 atom stereocenters. The molecule has 0 aliphatic heterocycles. The molecule has 0 saturated heterocycles. The van der Waals surface area contributed by atoms with E-state index in [2.05, 4.69) is 22.6 Å². The van der Waals surface area contributed by atoms with Crippen LogP contribution in [0.2, 0.25) is 0 Å². The van der Waals surface area contributed by atoms with Crippen molar-refractivity contribution in [1.29, 1.82) is 0 Å². The van der Waals surface area contributed by atoms with Gasteiger partial charge in [0.15, 0.2) is 0 Å². The number of nitrogens with two attached hydrogens (primary N) is 2. The van der Waals surface area contributed by atoms with Gasteiger partial charge in [0.1, 0.15) is 5.82 Å². The number of hydrogen-bond donors (Lipinski definition) is 2. The predicted molar refractivity (Wildman–Crippen MR) is 73.4 cm³/mol. The molecule has 0 saturated carbocycles. The first-order chi connectivity index (χ1) is 7.58. The topological polar surface area (TPSA) is 52.0 Å². The maximum Gasteiger partial charge on any atom is 0.133 e. The maximum absolute atomic E-state index is 13.7. The lowest BCUT2D eigenvalue weighted by Crippen LogP contribution is -1.94. The average Bonchev–Trinajstić information content (AvgIpc) is 2.25. The average molecular weight is 328 g/mol. The van der Waals surface area contributed by atoms with Gasteiger partial charge < -0.3 is 11.5 Å². The SMILES string of the molecule is Nc1ccc(-c2cc(I)c(N)cc2F)cc1. The molecule has 2 aromatic rings. The Morgan fingerprint density at radius 3 is 2.25 bits per heavy atom. The van der Waals surface area contributed by atoms with Crippen LogP contribution in [0.25, 0.3) is 11.1 Å². The van der Waals surface area contributed by atoms with Crippen molar-refractivity contribution in [1.82, 2.24) is 0 Å². The molecule has 0 aliphatic rings. The highest BCUT2D eigenvalue weighted by atomic mass is 127. The molecule has 4 heteroatoms. The van der Waals surface area contributed by atoms with E-state index in [0.717, 1.165) is 9.13 Å². The van der Waals surface area contributed by atoms with Crippen molar-refractivity contribution in [2.75, 3.05) is 11.5 Å². The molecule has 0 bridgehead atoms. The van der Waals surface area contributed by atoms with Crippen LogP contribution in [0.15, 0.2) is 36.4 Å². The van der Waals surface area contributed by atoms with Crippen LogP contribution < -0.4 is 11.5 Å². The third-order valence-corrected chi connectivity index (χ3v) is 3.24. The molecule has 2 nitrogen and oxygen atoms in total. The van der Waals surface area contributed by atoms with Crippen LogP contribution in [0.4, 0.5) is 15.8 Å². The van der Waals surface area contributed by atoms with Crippen molar-refractivity contribution in [3.8, 4) is 11.1 Å². The van der Waals surface area contributed by atoms with Crippen LogP contribution >= 0.6 is 22.6 Å². The van der Waals surface area contributed by atoms with E-state index in [1.54, 1.807) is 30.3 Å². The van der Waals surface area contributed by atoms with Gasteiger partial charge in [0.05, 0.1) is 0 Å². The van der Waals surface area contributed by atoms with Gasteiger partial charge in [-0.25, -0.2) is 4.39 Å². The summed E-state index contributed by atoms with van der Waals surface area (Å²) in [7, 11) is 0. The second-order valence-corrected chi connectivity index (χ2v) is 4.64. The van der Waals surface area contributed by atoms with E-state index in [-0.39, 0.29) is 5.82 Å². The highest BCUT2D eigenvalue weighted by Gasteiger charge is 2.08. The molecule has 82 valence electrons. The summed E-state index contributed by atoms with van der Waals surface area (Å²) in [6, 6.07) is 10.2. The summed E-state index contributed by atoms with van der Waals surface area (Å²) in [6.45, 7) is 0. The van der Waals surface area contributed by atoms with Crippen LogP contribution in [0, 0.1) is 9.39 Å². The molecule has 16 heavy (non-hydrogen) atoms. The van der Waals surface area contributed by atoms with Gasteiger partial charge in [-0.15, -0.1) is 0 Å². The summed E-state index contributed by atoms with van der Waals surface area (Å²) in [4.78, 5) is 0. The Morgan fingerprint density at radius 1 is 1.00 bits per heavy atom. The van der Waals surface area contributed by atoms with Crippen LogP contribution in [-0.2, 0) is 0 Å². The molecule has 0 heterocycles. The minimum absolute atomic E-state index is 0.317. The normalized spacial score (nSPS) is 10.4. The molecule has 0 spiro atoms. The van der Waals surface area contributed by atoms with E-state index < -0.39 is 0 Å². The lowest BCUT2D eigenvalue weighted by molar-refractivity contribution is 0.631. The molecule has 0 unspecified atom stereocenters. The lowest BCUT2D eigenvalue weighted by Gasteiger charge is -2.06. The minimum Gasteiger partial charge on any atom is -0.399 e. The zero-order chi connectivity index (χ0) is 11.7. The summed E-state index contributed by atoms with van der Waals surface area (Å²) < 4.78 is 14.5. The number of halogens is 2. The van der Waals surface area contributed by atoms with E-state index in [9.17, 15) is 4.39 Å². The van der Waals surface area contributed by atoms with Crippen LogP contribution in [0.5, 0.6) is 0 Å². The second-order valence-electron chi connectivity index (χ2n) is 3.48. The van der Waals surface area contributed by atoms with Gasteiger partial charge in [-0.3, -0.25) is 0 Å². The predicted octanol–water partition coefficient (Wildman–Crippen LogP) is 3.26. The Morgan fingerprint density at radius 2 is 1.62 bits per heavy atom. The molecule has 4 N–H and O–H groups in total. The zero-order valence-electron chi connectivity index (χ0n) is 8.37. The van der Waals surface area contributed by atoms with E-state index in [1.807, 2.05) is 0 Å². The fraction of sp³-hybridized carbons (Fsp3) is 0. The molecule has 0 aromatic heterocycles. The molecule has 0 fully saturated rings. The van der Waals surface area contributed by atoms with Crippen molar-refractivity contribution >= 4 is 34.0 Å². The van der Waals surface area contributed by atoms with Crippen LogP contribution in [0.1, 0.15) is 0 Å². The number of nitrogen functional groups attached to an aromatic ring is 2. The van der Waals surface area contributed by atoms with Crippen molar-refractivity contribution < 1.29 is 4.39 Å². The van der Waals surface area contributed by atoms with Gasteiger partial charge in [-0.2, -0.15) is 0 Å². The van der Waals surface area contributed by atoms with Crippen molar-refractivity contribution in [3.05, 3.63) is 45.8 Å². The Balaban J connectivity index is 2.56. The van der Waals surface area contributed by atoms with Gasteiger partial charge in [-0.05, 0) is 52.4 Å². The third-order valence-electron chi connectivity index (χ3n) is 2.31. The van der Waals surface area contributed by atoms with Gasteiger partial charge in [0, 0.05) is 20.5 Å². The van der Waals surface area contributed by atoms with Crippen LogP contribution in [-0.4, -0.2) is 0 Å². The Labute approximate surface area is 107 Å².